The molecule has 2 aromatic heterocycles. The molecule has 4 aromatic rings. The molecule has 0 radical (unpaired) electrons. The highest BCUT2D eigenvalue weighted by Gasteiger charge is 2.24. The Morgan fingerprint density at radius 1 is 1.00 bits per heavy atom. The van der Waals surface area contributed by atoms with Crippen molar-refractivity contribution in [2.45, 2.75) is 6.92 Å². The zero-order chi connectivity index (χ0) is 22.2. The van der Waals surface area contributed by atoms with Crippen molar-refractivity contribution in [2.75, 3.05) is 36.8 Å². The van der Waals surface area contributed by atoms with Crippen molar-refractivity contribution in [1.29, 1.82) is 0 Å². The largest absolute Gasteiger partial charge is 0.383 e. The van der Waals surface area contributed by atoms with Crippen LogP contribution in [0.4, 0.5) is 16.2 Å². The van der Waals surface area contributed by atoms with Gasteiger partial charge < -0.3 is 15.5 Å². The molecule has 1 amide bonds. The molecular weight excluding hydrogens is 409 g/mol. The third-order valence-electron chi connectivity index (χ3n) is 5.66. The SMILES string of the molecule is CC(=O)N1CCN(c2nc(-c3ccccc3)c3c(N)n(-c4cccc(F)c4)nc3n2)CC1. The first-order valence-electron chi connectivity index (χ1n) is 10.4. The van der Waals surface area contributed by atoms with Crippen LogP contribution in [0.15, 0.2) is 54.6 Å². The van der Waals surface area contributed by atoms with E-state index >= 15 is 0 Å². The van der Waals surface area contributed by atoms with Gasteiger partial charge >= 0.3 is 0 Å². The van der Waals surface area contributed by atoms with E-state index in [0.717, 1.165) is 5.56 Å². The molecule has 0 aliphatic carbocycles. The Morgan fingerprint density at radius 3 is 2.44 bits per heavy atom. The van der Waals surface area contributed by atoms with E-state index in [1.807, 2.05) is 40.1 Å². The number of nitrogens with two attached hydrogens (primary N) is 1. The summed E-state index contributed by atoms with van der Waals surface area (Å²) in [6.45, 7) is 4.04. The molecule has 3 heterocycles. The van der Waals surface area contributed by atoms with Gasteiger partial charge in [-0.3, -0.25) is 4.79 Å². The number of aromatic nitrogens is 4. The van der Waals surface area contributed by atoms with Gasteiger partial charge in [0.2, 0.25) is 11.9 Å². The third kappa shape index (κ3) is 3.51. The molecule has 9 heteroatoms. The highest BCUT2D eigenvalue weighted by Crippen LogP contribution is 2.33. The number of amides is 1. The molecule has 0 atom stereocenters. The lowest BCUT2D eigenvalue weighted by Crippen LogP contribution is -2.48. The van der Waals surface area contributed by atoms with Crippen molar-refractivity contribution in [3.63, 3.8) is 0 Å². The van der Waals surface area contributed by atoms with Gasteiger partial charge in [-0.25, -0.2) is 14.1 Å². The molecule has 162 valence electrons. The topological polar surface area (TPSA) is 93.2 Å². The number of fused-ring (bicyclic) bond motifs is 1. The third-order valence-corrected chi connectivity index (χ3v) is 5.66. The van der Waals surface area contributed by atoms with Crippen LogP contribution >= 0.6 is 0 Å². The minimum absolute atomic E-state index is 0.0626. The van der Waals surface area contributed by atoms with Crippen LogP contribution in [0.2, 0.25) is 0 Å². The first-order valence-corrected chi connectivity index (χ1v) is 10.4. The van der Waals surface area contributed by atoms with Crippen molar-refractivity contribution >= 4 is 28.7 Å². The first-order chi connectivity index (χ1) is 15.5. The summed E-state index contributed by atoms with van der Waals surface area (Å²) in [5.74, 6) is 0.563. The number of hydrogen-bond acceptors (Lipinski definition) is 6. The maximum Gasteiger partial charge on any atom is 0.228 e. The number of carbonyl (C=O) groups is 1. The molecule has 2 aromatic carbocycles. The fourth-order valence-corrected chi connectivity index (χ4v) is 3.97. The lowest BCUT2D eigenvalue weighted by molar-refractivity contribution is -0.129. The fourth-order valence-electron chi connectivity index (χ4n) is 3.97. The van der Waals surface area contributed by atoms with Crippen molar-refractivity contribution in [3.05, 3.63) is 60.4 Å². The van der Waals surface area contributed by atoms with E-state index in [1.165, 1.54) is 16.8 Å². The average Bonchev–Trinajstić information content (AvgIpc) is 3.15. The van der Waals surface area contributed by atoms with E-state index < -0.39 is 0 Å². The highest BCUT2D eigenvalue weighted by molar-refractivity contribution is 5.99. The normalized spacial score (nSPS) is 14.2. The Hall–Kier alpha value is -4.01. The van der Waals surface area contributed by atoms with Gasteiger partial charge in [0.25, 0.3) is 0 Å². The fraction of sp³-hybridized carbons (Fsp3) is 0.217. The monoisotopic (exact) mass is 431 g/mol. The first kappa shape index (κ1) is 19.9. The second-order valence-corrected chi connectivity index (χ2v) is 7.71. The molecule has 8 nitrogen and oxygen atoms in total. The van der Waals surface area contributed by atoms with Gasteiger partial charge in [-0.05, 0) is 18.2 Å². The molecule has 5 rings (SSSR count). The standard InChI is InChI=1S/C23H22FN7O/c1-15(32)29-10-12-30(13-11-29)23-26-20(16-6-3-2-4-7-16)19-21(25)31(28-22(19)27-23)18-9-5-8-17(24)14-18/h2-9,14H,10-13,25H2,1H3. The minimum atomic E-state index is -0.375. The van der Waals surface area contributed by atoms with E-state index in [4.69, 9.17) is 15.7 Å². The van der Waals surface area contributed by atoms with Crippen LogP contribution in [-0.2, 0) is 4.79 Å². The number of benzene rings is 2. The second kappa shape index (κ2) is 7.92. The Labute approximate surface area is 184 Å². The molecule has 0 unspecified atom stereocenters. The number of nitrogens with zero attached hydrogens (tertiary/aromatic N) is 6. The van der Waals surface area contributed by atoms with Gasteiger partial charge in [-0.2, -0.15) is 4.98 Å². The number of carbonyl (C=O) groups excluding carboxylic acids is 1. The Kier molecular flexibility index (Phi) is 4.93. The molecule has 1 fully saturated rings. The van der Waals surface area contributed by atoms with Crippen molar-refractivity contribution < 1.29 is 9.18 Å². The zero-order valence-corrected chi connectivity index (χ0v) is 17.6. The summed E-state index contributed by atoms with van der Waals surface area (Å²) in [5, 5.41) is 5.21. The molecule has 1 aliphatic heterocycles. The second-order valence-electron chi connectivity index (χ2n) is 7.71. The molecule has 0 spiro atoms. The zero-order valence-electron chi connectivity index (χ0n) is 17.6. The van der Waals surface area contributed by atoms with E-state index in [0.29, 0.717) is 60.4 Å². The van der Waals surface area contributed by atoms with Crippen LogP contribution in [-0.4, -0.2) is 56.7 Å². The minimum Gasteiger partial charge on any atom is -0.383 e. The van der Waals surface area contributed by atoms with E-state index in [-0.39, 0.29) is 11.7 Å². The Morgan fingerprint density at radius 2 is 1.75 bits per heavy atom. The van der Waals surface area contributed by atoms with E-state index in [9.17, 15) is 9.18 Å². The van der Waals surface area contributed by atoms with Gasteiger partial charge in [0.1, 0.15) is 11.6 Å². The summed E-state index contributed by atoms with van der Waals surface area (Å²) in [6, 6.07) is 15.8. The Bertz CT molecular complexity index is 1300. The molecule has 1 saturated heterocycles. The van der Waals surface area contributed by atoms with Crippen LogP contribution in [0, 0.1) is 5.82 Å². The van der Waals surface area contributed by atoms with Crippen LogP contribution in [0.1, 0.15) is 6.92 Å². The van der Waals surface area contributed by atoms with Crippen molar-refractivity contribution in [2.24, 2.45) is 0 Å². The van der Waals surface area contributed by atoms with Crippen LogP contribution < -0.4 is 10.6 Å². The number of halogens is 1. The average molecular weight is 431 g/mol. The molecule has 2 N–H and O–H groups in total. The van der Waals surface area contributed by atoms with Crippen LogP contribution in [0.25, 0.3) is 28.0 Å². The molecule has 1 aliphatic rings. The number of anilines is 2. The maximum absolute atomic E-state index is 13.8. The predicted molar refractivity (Wildman–Crippen MR) is 121 cm³/mol. The van der Waals surface area contributed by atoms with Gasteiger partial charge in [-0.1, -0.05) is 36.4 Å². The lowest BCUT2D eigenvalue weighted by Gasteiger charge is -2.34. The summed E-state index contributed by atoms with van der Waals surface area (Å²) in [7, 11) is 0. The van der Waals surface area contributed by atoms with Crippen LogP contribution in [0.3, 0.4) is 0 Å². The summed E-state index contributed by atoms with van der Waals surface area (Å²) in [5.41, 5.74) is 8.97. The highest BCUT2D eigenvalue weighted by atomic mass is 19.1. The maximum atomic E-state index is 13.8. The lowest BCUT2D eigenvalue weighted by atomic mass is 10.1. The molecular formula is C23H22FN7O. The number of piperazine rings is 1. The molecule has 0 saturated carbocycles. The van der Waals surface area contributed by atoms with E-state index in [2.05, 4.69) is 5.10 Å². The smallest absolute Gasteiger partial charge is 0.228 e. The molecule has 0 bridgehead atoms. The summed E-state index contributed by atoms with van der Waals surface area (Å²) < 4.78 is 15.3. The van der Waals surface area contributed by atoms with Crippen LogP contribution in [0.5, 0.6) is 0 Å². The van der Waals surface area contributed by atoms with Gasteiger partial charge in [0.05, 0.1) is 16.8 Å². The van der Waals surface area contributed by atoms with Crippen molar-refractivity contribution in [3.8, 4) is 16.9 Å². The predicted octanol–water partition coefficient (Wildman–Crippen LogP) is 2.87. The molecule has 32 heavy (non-hydrogen) atoms. The number of nitrogen functional groups attached to an aromatic ring is 1. The van der Waals surface area contributed by atoms with Gasteiger partial charge in [0, 0.05) is 38.7 Å². The summed E-state index contributed by atoms with van der Waals surface area (Å²) >= 11 is 0. The Balaban J connectivity index is 1.65. The number of rotatable bonds is 3. The summed E-state index contributed by atoms with van der Waals surface area (Å²) in [6.07, 6.45) is 0. The van der Waals surface area contributed by atoms with Gasteiger partial charge in [-0.15, -0.1) is 5.10 Å². The van der Waals surface area contributed by atoms with E-state index in [1.54, 1.807) is 19.1 Å². The van der Waals surface area contributed by atoms with Crippen molar-refractivity contribution in [1.82, 2.24) is 24.6 Å². The number of hydrogen-bond donors (Lipinski definition) is 1. The van der Waals surface area contributed by atoms with Gasteiger partial charge in [0.15, 0.2) is 5.65 Å². The summed E-state index contributed by atoms with van der Waals surface area (Å²) in [4.78, 5) is 25.1. The quantitative estimate of drug-likeness (QED) is 0.536.